The van der Waals surface area contributed by atoms with Gasteiger partial charge in [-0.05, 0) is 58.4 Å². The number of hydrogen-bond donors (Lipinski definition) is 1. The zero-order chi connectivity index (χ0) is 37.8. The number of carbonyl (C=O) groups excluding carboxylic acids is 3. The molecule has 0 aliphatic heterocycles. The number of carbonyl (C=O) groups is 3. The third-order valence-electron chi connectivity index (χ3n) is 9.61. The maximum absolute atomic E-state index is 12.8. The van der Waals surface area contributed by atoms with Crippen LogP contribution in [0.4, 0.5) is 0 Å². The number of benzene rings is 1. The Kier molecular flexibility index (Phi) is 26.2. The third-order valence-corrected chi connectivity index (χ3v) is 11.0. The van der Waals surface area contributed by atoms with Crippen LogP contribution in [0.3, 0.4) is 0 Å². The minimum absolute atomic E-state index is 0.159. The van der Waals surface area contributed by atoms with Gasteiger partial charge in [-0.3, -0.25) is 14.4 Å². The van der Waals surface area contributed by atoms with E-state index in [0.29, 0.717) is 24.5 Å². The summed E-state index contributed by atoms with van der Waals surface area (Å²) in [6.45, 7) is 11.8. The zero-order valence-electron chi connectivity index (χ0n) is 33.3. The van der Waals surface area contributed by atoms with Crippen LogP contribution in [0.5, 0.6) is 0 Å². The molecule has 2 atom stereocenters. The largest absolute Gasteiger partial charge is 0.465 e. The molecule has 1 aromatic rings. The standard InChI is InChI=1S/C43H74O7S/c1-7-9-10-11-12-13-14-15-16-17-18-19-20-21-22-26-30-48-41(47)43(5,6)35-51-31-29-39(45)49-33-38(44)34-50-40(46)42(3,4)32-36(8-2)37-27-24-23-25-28-37/h23-25,27-28,36,38,44H,7-22,26,29-35H2,1-6H3. The minimum Gasteiger partial charge on any atom is -0.465 e. The summed E-state index contributed by atoms with van der Waals surface area (Å²) in [5.74, 6) is 0.228. The van der Waals surface area contributed by atoms with Crippen LogP contribution in [-0.2, 0) is 28.6 Å². The first-order valence-electron chi connectivity index (χ1n) is 20.2. The number of unbranched alkanes of at least 4 members (excludes halogenated alkanes) is 15. The summed E-state index contributed by atoms with van der Waals surface area (Å²) < 4.78 is 16.2. The molecule has 0 spiro atoms. The molecule has 0 aliphatic rings. The monoisotopic (exact) mass is 735 g/mol. The van der Waals surface area contributed by atoms with Gasteiger partial charge in [0.15, 0.2) is 0 Å². The van der Waals surface area contributed by atoms with Crippen LogP contribution in [-0.4, -0.2) is 60.4 Å². The number of ether oxygens (including phenoxy) is 3. The van der Waals surface area contributed by atoms with Crippen molar-refractivity contribution in [2.45, 2.75) is 176 Å². The first-order valence-corrected chi connectivity index (χ1v) is 21.4. The molecule has 1 N–H and O–H groups in total. The number of hydrogen-bond acceptors (Lipinski definition) is 8. The van der Waals surface area contributed by atoms with E-state index < -0.39 is 22.9 Å². The summed E-state index contributed by atoms with van der Waals surface area (Å²) in [7, 11) is 0. The van der Waals surface area contributed by atoms with Crippen molar-refractivity contribution in [3.05, 3.63) is 35.9 Å². The zero-order valence-corrected chi connectivity index (χ0v) is 34.1. The van der Waals surface area contributed by atoms with Gasteiger partial charge in [0.2, 0.25) is 0 Å². The molecule has 8 heteroatoms. The molecule has 0 aromatic heterocycles. The molecule has 0 radical (unpaired) electrons. The molecular formula is C43H74O7S. The van der Waals surface area contributed by atoms with Crippen molar-refractivity contribution >= 4 is 29.7 Å². The first kappa shape index (κ1) is 47.0. The fraction of sp³-hybridized carbons (Fsp3) is 0.791. The van der Waals surface area contributed by atoms with E-state index >= 15 is 0 Å². The number of aliphatic hydroxyl groups is 1. The average molecular weight is 735 g/mol. The highest BCUT2D eigenvalue weighted by atomic mass is 32.2. The van der Waals surface area contributed by atoms with Crippen molar-refractivity contribution in [1.82, 2.24) is 0 Å². The number of thioether (sulfide) groups is 1. The fourth-order valence-corrected chi connectivity index (χ4v) is 7.23. The Balaban J connectivity index is 2.07. The number of rotatable bonds is 32. The van der Waals surface area contributed by atoms with Crippen LogP contribution in [0.15, 0.2) is 30.3 Å². The average Bonchev–Trinajstić information content (AvgIpc) is 3.11. The topological polar surface area (TPSA) is 99.1 Å². The fourth-order valence-electron chi connectivity index (χ4n) is 6.15. The maximum Gasteiger partial charge on any atom is 0.312 e. The SMILES string of the molecule is CCCCCCCCCCCCCCCCCCOC(=O)C(C)(C)CSCCC(=O)OCC(O)COC(=O)C(C)(C)CC(CC)c1ccccc1. The molecule has 294 valence electrons. The number of esters is 3. The Bertz CT molecular complexity index is 1040. The van der Waals surface area contributed by atoms with Gasteiger partial charge in [-0.1, -0.05) is 140 Å². The summed E-state index contributed by atoms with van der Waals surface area (Å²) in [6.07, 6.45) is 21.6. The van der Waals surface area contributed by atoms with Crippen LogP contribution >= 0.6 is 11.8 Å². The summed E-state index contributed by atoms with van der Waals surface area (Å²) >= 11 is 1.50. The molecule has 2 unspecified atom stereocenters. The van der Waals surface area contributed by atoms with Gasteiger partial charge < -0.3 is 19.3 Å². The van der Waals surface area contributed by atoms with Gasteiger partial charge in [0.05, 0.1) is 23.9 Å². The van der Waals surface area contributed by atoms with Crippen molar-refractivity contribution in [1.29, 1.82) is 0 Å². The Labute approximate surface area is 316 Å². The van der Waals surface area contributed by atoms with Gasteiger partial charge >= 0.3 is 17.9 Å². The van der Waals surface area contributed by atoms with Crippen LogP contribution in [0.2, 0.25) is 0 Å². The molecule has 0 heterocycles. The molecule has 0 fully saturated rings. The van der Waals surface area contributed by atoms with E-state index in [0.717, 1.165) is 19.3 Å². The van der Waals surface area contributed by atoms with Crippen LogP contribution in [0.25, 0.3) is 0 Å². The lowest BCUT2D eigenvalue weighted by Crippen LogP contribution is -2.32. The minimum atomic E-state index is -1.10. The van der Waals surface area contributed by atoms with E-state index in [1.807, 2.05) is 45.9 Å². The van der Waals surface area contributed by atoms with Crippen molar-refractivity contribution in [2.75, 3.05) is 31.3 Å². The van der Waals surface area contributed by atoms with Gasteiger partial charge in [-0.15, -0.1) is 0 Å². The maximum atomic E-state index is 12.8. The second-order valence-corrected chi connectivity index (χ2v) is 16.8. The Morgan fingerprint density at radius 2 is 1.16 bits per heavy atom. The summed E-state index contributed by atoms with van der Waals surface area (Å²) in [6, 6.07) is 10.1. The lowest BCUT2D eigenvalue weighted by atomic mass is 9.79. The second kappa shape index (κ2) is 28.4. The molecule has 0 aliphatic carbocycles. The highest BCUT2D eigenvalue weighted by Gasteiger charge is 2.33. The third kappa shape index (κ3) is 23.3. The van der Waals surface area contributed by atoms with Crippen molar-refractivity contribution < 1.29 is 33.7 Å². The van der Waals surface area contributed by atoms with Gasteiger partial charge in [0, 0.05) is 11.5 Å². The molecule has 0 saturated heterocycles. The molecule has 0 saturated carbocycles. The van der Waals surface area contributed by atoms with Crippen molar-refractivity contribution in [2.24, 2.45) is 10.8 Å². The lowest BCUT2D eigenvalue weighted by molar-refractivity contribution is -0.160. The van der Waals surface area contributed by atoms with Gasteiger partial charge in [-0.25, -0.2) is 0 Å². The molecule has 7 nitrogen and oxygen atoms in total. The normalized spacial score (nSPS) is 13.1. The summed E-state index contributed by atoms with van der Waals surface area (Å²) in [4.78, 5) is 37.7. The van der Waals surface area contributed by atoms with E-state index in [-0.39, 0.29) is 37.5 Å². The van der Waals surface area contributed by atoms with Crippen LogP contribution in [0, 0.1) is 10.8 Å². The van der Waals surface area contributed by atoms with E-state index in [1.165, 1.54) is 107 Å². The quantitative estimate of drug-likeness (QED) is 0.0444. The Morgan fingerprint density at radius 1 is 0.667 bits per heavy atom. The first-order chi connectivity index (χ1) is 24.4. The van der Waals surface area contributed by atoms with Gasteiger partial charge in [0.1, 0.15) is 19.3 Å². The predicted octanol–water partition coefficient (Wildman–Crippen LogP) is 11.0. The van der Waals surface area contributed by atoms with E-state index in [9.17, 15) is 19.5 Å². The smallest absolute Gasteiger partial charge is 0.312 e. The Hall–Kier alpha value is -2.06. The van der Waals surface area contributed by atoms with E-state index in [2.05, 4.69) is 26.0 Å². The molecule has 0 amide bonds. The van der Waals surface area contributed by atoms with Crippen molar-refractivity contribution in [3.8, 4) is 0 Å². The lowest BCUT2D eigenvalue weighted by Gasteiger charge is -2.28. The molecule has 1 aromatic carbocycles. The van der Waals surface area contributed by atoms with E-state index in [1.54, 1.807) is 0 Å². The second-order valence-electron chi connectivity index (χ2n) is 15.7. The molecule has 1 rings (SSSR count). The summed E-state index contributed by atoms with van der Waals surface area (Å²) in [5, 5.41) is 10.3. The molecule has 0 bridgehead atoms. The van der Waals surface area contributed by atoms with Crippen LogP contribution in [0.1, 0.15) is 175 Å². The number of aliphatic hydroxyl groups excluding tert-OH is 1. The van der Waals surface area contributed by atoms with E-state index in [4.69, 9.17) is 14.2 Å². The Morgan fingerprint density at radius 3 is 1.69 bits per heavy atom. The van der Waals surface area contributed by atoms with Crippen molar-refractivity contribution in [3.63, 3.8) is 0 Å². The molecule has 51 heavy (non-hydrogen) atoms. The van der Waals surface area contributed by atoms with Gasteiger partial charge in [0.25, 0.3) is 0 Å². The van der Waals surface area contributed by atoms with Crippen LogP contribution < -0.4 is 0 Å². The van der Waals surface area contributed by atoms with Gasteiger partial charge in [-0.2, -0.15) is 11.8 Å². The summed E-state index contributed by atoms with van der Waals surface area (Å²) in [5.41, 5.74) is -0.179. The highest BCUT2D eigenvalue weighted by Crippen LogP contribution is 2.35. The predicted molar refractivity (Wildman–Crippen MR) is 212 cm³/mol. The highest BCUT2D eigenvalue weighted by molar-refractivity contribution is 7.99. The molecular weight excluding hydrogens is 661 g/mol.